The number of halogens is 2. The fourth-order valence-corrected chi connectivity index (χ4v) is 3.87. The molecule has 4 rings (SSSR count). The Labute approximate surface area is 176 Å². The lowest BCUT2D eigenvalue weighted by Crippen LogP contribution is -2.24. The summed E-state index contributed by atoms with van der Waals surface area (Å²) in [6, 6.07) is 14.0. The zero-order chi connectivity index (χ0) is 21.1. The minimum atomic E-state index is -0.308. The molecule has 2 heterocycles. The Hall–Kier alpha value is -3.26. The Kier molecular flexibility index (Phi) is 5.76. The molecular formula is C22H18F2N4OS. The Bertz CT molecular complexity index is 1190. The number of benzene rings is 2. The van der Waals surface area contributed by atoms with Crippen LogP contribution >= 0.6 is 11.8 Å². The van der Waals surface area contributed by atoms with Crippen LogP contribution in [0.3, 0.4) is 0 Å². The van der Waals surface area contributed by atoms with Crippen molar-refractivity contribution in [2.45, 2.75) is 18.5 Å². The summed E-state index contributed by atoms with van der Waals surface area (Å²) >= 11 is 1.35. The van der Waals surface area contributed by atoms with Gasteiger partial charge < -0.3 is 5.32 Å². The molecule has 30 heavy (non-hydrogen) atoms. The number of aryl methyl sites for hydroxylation is 1. The van der Waals surface area contributed by atoms with Gasteiger partial charge in [-0.1, -0.05) is 36.0 Å². The van der Waals surface area contributed by atoms with E-state index in [2.05, 4.69) is 15.4 Å². The highest BCUT2D eigenvalue weighted by Crippen LogP contribution is 2.27. The molecule has 0 saturated carbocycles. The first kappa shape index (κ1) is 20.0. The van der Waals surface area contributed by atoms with Gasteiger partial charge in [0, 0.05) is 17.8 Å². The zero-order valence-corrected chi connectivity index (χ0v) is 16.9. The van der Waals surface area contributed by atoms with Crippen LogP contribution in [0.15, 0.2) is 65.8 Å². The molecule has 0 spiro atoms. The van der Waals surface area contributed by atoms with Crippen LogP contribution in [0, 0.1) is 18.6 Å². The maximum Gasteiger partial charge on any atom is 0.230 e. The van der Waals surface area contributed by atoms with Gasteiger partial charge in [0.1, 0.15) is 16.7 Å². The minimum absolute atomic E-state index is 0.141. The average molecular weight is 424 g/mol. The van der Waals surface area contributed by atoms with Gasteiger partial charge in [-0.25, -0.2) is 18.3 Å². The third-order valence-corrected chi connectivity index (χ3v) is 5.47. The van der Waals surface area contributed by atoms with Crippen molar-refractivity contribution in [2.75, 3.05) is 5.75 Å². The number of carbonyl (C=O) groups excluding carboxylic acids is 1. The molecule has 4 aromatic rings. The van der Waals surface area contributed by atoms with Crippen molar-refractivity contribution < 1.29 is 13.6 Å². The molecular weight excluding hydrogens is 406 g/mol. The van der Waals surface area contributed by atoms with Crippen LogP contribution in [-0.4, -0.2) is 26.3 Å². The molecule has 1 amide bonds. The Morgan fingerprint density at radius 3 is 2.43 bits per heavy atom. The molecule has 0 aliphatic rings. The van der Waals surface area contributed by atoms with Crippen LogP contribution in [0.25, 0.3) is 16.8 Å². The second-order valence-corrected chi connectivity index (χ2v) is 7.72. The Morgan fingerprint density at radius 1 is 1.07 bits per heavy atom. The van der Waals surface area contributed by atoms with E-state index in [0.29, 0.717) is 12.2 Å². The summed E-state index contributed by atoms with van der Waals surface area (Å²) in [4.78, 5) is 16.8. The molecule has 2 aromatic carbocycles. The van der Waals surface area contributed by atoms with E-state index in [-0.39, 0.29) is 23.3 Å². The van der Waals surface area contributed by atoms with E-state index in [1.165, 1.54) is 36.0 Å². The van der Waals surface area contributed by atoms with Gasteiger partial charge in [-0.05, 0) is 48.4 Å². The van der Waals surface area contributed by atoms with Crippen molar-refractivity contribution in [2.24, 2.45) is 0 Å². The lowest BCUT2D eigenvalue weighted by Gasteiger charge is -2.08. The maximum atomic E-state index is 13.2. The normalized spacial score (nSPS) is 11.0. The van der Waals surface area contributed by atoms with Crippen molar-refractivity contribution in [3.8, 4) is 11.1 Å². The summed E-state index contributed by atoms with van der Waals surface area (Å²) in [5, 5.41) is 8.02. The lowest BCUT2D eigenvalue weighted by atomic mass is 10.1. The van der Waals surface area contributed by atoms with E-state index in [9.17, 15) is 13.6 Å². The first-order valence-electron chi connectivity index (χ1n) is 9.25. The third kappa shape index (κ3) is 4.49. The number of amides is 1. The zero-order valence-electron chi connectivity index (χ0n) is 16.1. The fourth-order valence-electron chi connectivity index (χ4n) is 2.98. The predicted molar refractivity (Wildman–Crippen MR) is 112 cm³/mol. The smallest absolute Gasteiger partial charge is 0.230 e. The largest absolute Gasteiger partial charge is 0.351 e. The number of nitrogens with zero attached hydrogens (tertiary/aromatic N) is 3. The van der Waals surface area contributed by atoms with E-state index < -0.39 is 0 Å². The van der Waals surface area contributed by atoms with E-state index >= 15 is 0 Å². The average Bonchev–Trinajstić information content (AvgIpc) is 3.16. The van der Waals surface area contributed by atoms with Crippen molar-refractivity contribution >= 4 is 23.3 Å². The quantitative estimate of drug-likeness (QED) is 0.368. The number of carbonyl (C=O) groups is 1. The molecule has 152 valence electrons. The monoisotopic (exact) mass is 424 g/mol. The molecule has 0 unspecified atom stereocenters. The number of fused-ring (bicyclic) bond motifs is 1. The molecule has 5 nitrogen and oxygen atoms in total. The number of rotatable bonds is 6. The van der Waals surface area contributed by atoms with Gasteiger partial charge >= 0.3 is 0 Å². The molecule has 0 fully saturated rings. The van der Waals surface area contributed by atoms with Gasteiger partial charge in [-0.3, -0.25) is 4.79 Å². The number of hydrogen-bond acceptors (Lipinski definition) is 4. The van der Waals surface area contributed by atoms with Gasteiger partial charge in [0.15, 0.2) is 5.65 Å². The summed E-state index contributed by atoms with van der Waals surface area (Å²) in [7, 11) is 0. The van der Waals surface area contributed by atoms with Gasteiger partial charge in [-0.2, -0.15) is 5.10 Å². The van der Waals surface area contributed by atoms with Crippen molar-refractivity contribution in [1.82, 2.24) is 19.9 Å². The minimum Gasteiger partial charge on any atom is -0.351 e. The highest BCUT2D eigenvalue weighted by molar-refractivity contribution is 7.99. The lowest BCUT2D eigenvalue weighted by molar-refractivity contribution is -0.118. The number of nitrogens with one attached hydrogen (secondary N) is 1. The molecule has 0 radical (unpaired) electrons. The highest BCUT2D eigenvalue weighted by Gasteiger charge is 2.14. The fraction of sp³-hybridized carbons (Fsp3) is 0.136. The second kappa shape index (κ2) is 8.62. The Balaban J connectivity index is 1.48. The van der Waals surface area contributed by atoms with Crippen LogP contribution in [0.4, 0.5) is 8.78 Å². The van der Waals surface area contributed by atoms with Crippen molar-refractivity contribution in [1.29, 1.82) is 0 Å². The Morgan fingerprint density at radius 2 is 1.73 bits per heavy atom. The van der Waals surface area contributed by atoms with Gasteiger partial charge in [0.05, 0.1) is 11.9 Å². The van der Waals surface area contributed by atoms with E-state index in [4.69, 9.17) is 0 Å². The van der Waals surface area contributed by atoms with Crippen LogP contribution in [0.5, 0.6) is 0 Å². The van der Waals surface area contributed by atoms with Crippen molar-refractivity contribution in [3.63, 3.8) is 0 Å². The van der Waals surface area contributed by atoms with Crippen LogP contribution in [0.1, 0.15) is 11.3 Å². The van der Waals surface area contributed by atoms with Crippen LogP contribution < -0.4 is 5.32 Å². The number of thioether (sulfide) groups is 1. The van der Waals surface area contributed by atoms with Crippen LogP contribution in [0.2, 0.25) is 0 Å². The van der Waals surface area contributed by atoms with Crippen LogP contribution in [-0.2, 0) is 11.3 Å². The molecule has 1 N–H and O–H groups in total. The first-order chi connectivity index (χ1) is 14.5. The molecule has 0 atom stereocenters. The summed E-state index contributed by atoms with van der Waals surface area (Å²) < 4.78 is 27.9. The van der Waals surface area contributed by atoms with E-state index in [1.807, 2.05) is 13.0 Å². The van der Waals surface area contributed by atoms with Crippen molar-refractivity contribution in [3.05, 3.63) is 83.7 Å². The topological polar surface area (TPSA) is 59.3 Å². The SMILES string of the molecule is Cc1cc(SCC(=O)NCc2ccc(F)cc2)n2ncc(-c3ccc(F)cc3)c2n1. The number of aromatic nitrogens is 3. The maximum absolute atomic E-state index is 13.2. The number of hydrogen-bond donors (Lipinski definition) is 1. The molecule has 8 heteroatoms. The summed E-state index contributed by atoms with van der Waals surface area (Å²) in [5.74, 6) is -0.553. The molecule has 0 saturated heterocycles. The molecule has 2 aromatic heterocycles. The standard InChI is InChI=1S/C22H18F2N4OS/c1-14-10-21(30-13-20(29)25-11-15-2-6-17(23)7-3-15)28-22(27-14)19(12-26-28)16-4-8-18(24)9-5-16/h2-10,12H,11,13H2,1H3,(H,25,29). The molecule has 0 bridgehead atoms. The summed E-state index contributed by atoms with van der Waals surface area (Å²) in [6.07, 6.45) is 1.69. The second-order valence-electron chi connectivity index (χ2n) is 6.73. The van der Waals surface area contributed by atoms with Gasteiger partial charge in [0.2, 0.25) is 5.91 Å². The summed E-state index contributed by atoms with van der Waals surface area (Å²) in [5.41, 5.74) is 3.88. The first-order valence-corrected chi connectivity index (χ1v) is 10.2. The summed E-state index contributed by atoms with van der Waals surface area (Å²) in [6.45, 7) is 2.21. The van der Waals surface area contributed by atoms with E-state index in [1.54, 1.807) is 35.0 Å². The predicted octanol–water partition coefficient (Wildman–Crippen LogP) is 4.39. The third-order valence-electron chi connectivity index (χ3n) is 4.48. The van der Waals surface area contributed by atoms with Gasteiger partial charge in [-0.15, -0.1) is 0 Å². The van der Waals surface area contributed by atoms with Gasteiger partial charge in [0.25, 0.3) is 0 Å². The van der Waals surface area contributed by atoms with E-state index in [0.717, 1.165) is 27.4 Å². The molecule has 0 aliphatic carbocycles. The molecule has 0 aliphatic heterocycles. The highest BCUT2D eigenvalue weighted by atomic mass is 32.2.